The molecule has 0 aromatic heterocycles. The second-order valence-corrected chi connectivity index (χ2v) is 5.47. The number of aliphatic carboxylic acids is 1. The van der Waals surface area contributed by atoms with E-state index in [0.29, 0.717) is 12.8 Å². The first kappa shape index (κ1) is 13.6. The first-order valence-electron chi connectivity index (χ1n) is 6.39. The summed E-state index contributed by atoms with van der Waals surface area (Å²) in [7, 11) is 1.66. The molecule has 2 rings (SSSR count). The van der Waals surface area contributed by atoms with E-state index >= 15 is 0 Å². The minimum absolute atomic E-state index is 0.314. The normalized spacial score (nSPS) is 16.0. The van der Waals surface area contributed by atoms with Crippen LogP contribution < -0.4 is 4.90 Å². The van der Waals surface area contributed by atoms with Crippen LogP contribution in [-0.2, 0) is 9.59 Å². The smallest absolute Gasteiger partial charge is 0.319 e. The lowest BCUT2D eigenvalue weighted by atomic mass is 10.0. The van der Waals surface area contributed by atoms with Crippen LogP contribution in [0.3, 0.4) is 0 Å². The summed E-state index contributed by atoms with van der Waals surface area (Å²) in [5.41, 5.74) is 2.86. The van der Waals surface area contributed by atoms with Crippen molar-refractivity contribution in [2.75, 3.05) is 11.9 Å². The number of benzene rings is 1. The molecule has 0 aliphatic heterocycles. The fourth-order valence-corrected chi connectivity index (χ4v) is 2.38. The van der Waals surface area contributed by atoms with Crippen LogP contribution in [0, 0.1) is 26.2 Å². The molecule has 1 aromatic rings. The van der Waals surface area contributed by atoms with Gasteiger partial charge < -0.3 is 10.0 Å². The van der Waals surface area contributed by atoms with Gasteiger partial charge in [-0.25, -0.2) is 0 Å². The molecule has 1 aliphatic carbocycles. The lowest BCUT2D eigenvalue weighted by molar-refractivity contribution is -0.148. The highest BCUT2D eigenvalue weighted by Crippen LogP contribution is 2.48. The van der Waals surface area contributed by atoms with Crippen LogP contribution in [0.4, 0.5) is 5.69 Å². The Bertz CT molecular complexity index is 559. The van der Waals surface area contributed by atoms with Gasteiger partial charge in [0, 0.05) is 12.7 Å². The highest BCUT2D eigenvalue weighted by molar-refractivity contribution is 6.12. The maximum absolute atomic E-state index is 12.4. The fourth-order valence-electron chi connectivity index (χ4n) is 2.38. The highest BCUT2D eigenvalue weighted by Gasteiger charge is 2.58. The minimum Gasteiger partial charge on any atom is -0.480 e. The van der Waals surface area contributed by atoms with E-state index in [9.17, 15) is 14.7 Å². The molecule has 1 aromatic carbocycles. The summed E-state index contributed by atoms with van der Waals surface area (Å²) in [6.07, 6.45) is 0.880. The number of amides is 1. The molecule has 0 unspecified atom stereocenters. The zero-order chi connectivity index (χ0) is 14.4. The Morgan fingerprint density at radius 2 is 1.63 bits per heavy atom. The number of rotatable bonds is 3. The number of carboxylic acids is 1. The van der Waals surface area contributed by atoms with Gasteiger partial charge in [0.1, 0.15) is 5.41 Å². The van der Waals surface area contributed by atoms with E-state index in [4.69, 9.17) is 0 Å². The predicted molar refractivity (Wildman–Crippen MR) is 73.4 cm³/mol. The number of carboxylic acid groups (broad SMARTS) is 1. The average molecular weight is 261 g/mol. The topological polar surface area (TPSA) is 57.6 Å². The molecule has 19 heavy (non-hydrogen) atoms. The predicted octanol–water partition coefficient (Wildman–Crippen LogP) is 2.44. The summed E-state index contributed by atoms with van der Waals surface area (Å²) in [6.45, 7) is 5.94. The number of aryl methyl sites for hydroxylation is 3. The van der Waals surface area contributed by atoms with Crippen molar-refractivity contribution >= 4 is 17.6 Å². The standard InChI is InChI=1S/C15H19NO3/c1-9-7-11(3)12(8-10(9)2)16(4)13(17)15(5-6-15)14(18)19/h7-8H,5-6H2,1-4H3,(H,18,19). The molecule has 1 N–H and O–H groups in total. The molecule has 0 bridgehead atoms. The minimum atomic E-state index is -1.18. The van der Waals surface area contributed by atoms with Crippen LogP contribution in [0.2, 0.25) is 0 Å². The van der Waals surface area contributed by atoms with Crippen LogP contribution in [-0.4, -0.2) is 24.0 Å². The maximum Gasteiger partial charge on any atom is 0.319 e. The van der Waals surface area contributed by atoms with E-state index in [1.165, 1.54) is 10.5 Å². The molecule has 1 saturated carbocycles. The Hall–Kier alpha value is -1.84. The zero-order valence-electron chi connectivity index (χ0n) is 11.8. The third kappa shape index (κ3) is 2.11. The number of nitrogens with zero attached hydrogens (tertiary/aromatic N) is 1. The Labute approximate surface area is 113 Å². The van der Waals surface area contributed by atoms with Crippen molar-refractivity contribution in [1.82, 2.24) is 0 Å². The summed E-state index contributed by atoms with van der Waals surface area (Å²) >= 11 is 0. The van der Waals surface area contributed by atoms with Crippen LogP contribution in [0.5, 0.6) is 0 Å². The van der Waals surface area contributed by atoms with Gasteiger partial charge in [0.15, 0.2) is 0 Å². The van der Waals surface area contributed by atoms with Crippen LogP contribution in [0.15, 0.2) is 12.1 Å². The molecule has 4 nitrogen and oxygen atoms in total. The molecule has 0 radical (unpaired) electrons. The van der Waals surface area contributed by atoms with Crippen molar-refractivity contribution < 1.29 is 14.7 Å². The molecule has 1 amide bonds. The second kappa shape index (κ2) is 4.37. The van der Waals surface area contributed by atoms with Gasteiger partial charge in [0.2, 0.25) is 5.91 Å². The van der Waals surface area contributed by atoms with Crippen molar-refractivity contribution in [3.05, 3.63) is 28.8 Å². The molecule has 1 aliphatic rings. The van der Waals surface area contributed by atoms with Crippen molar-refractivity contribution in [2.24, 2.45) is 5.41 Å². The molecule has 0 saturated heterocycles. The third-order valence-corrected chi connectivity index (χ3v) is 4.05. The quantitative estimate of drug-likeness (QED) is 0.850. The molecular weight excluding hydrogens is 242 g/mol. The van der Waals surface area contributed by atoms with Gasteiger partial charge >= 0.3 is 5.97 Å². The van der Waals surface area contributed by atoms with Crippen LogP contribution in [0.25, 0.3) is 0 Å². The summed E-state index contributed by atoms with van der Waals surface area (Å²) in [6, 6.07) is 3.97. The van der Waals surface area contributed by atoms with Crippen LogP contribution in [0.1, 0.15) is 29.5 Å². The van der Waals surface area contributed by atoms with E-state index in [-0.39, 0.29) is 5.91 Å². The highest BCUT2D eigenvalue weighted by atomic mass is 16.4. The summed E-state index contributed by atoms with van der Waals surface area (Å²) in [5, 5.41) is 9.19. The fraction of sp³-hybridized carbons (Fsp3) is 0.467. The SMILES string of the molecule is Cc1cc(C)c(N(C)C(=O)C2(C(=O)O)CC2)cc1C. The molecule has 0 heterocycles. The van der Waals surface area contributed by atoms with Gasteiger partial charge in [-0.1, -0.05) is 6.07 Å². The lowest BCUT2D eigenvalue weighted by Gasteiger charge is -2.24. The molecule has 4 heteroatoms. The second-order valence-electron chi connectivity index (χ2n) is 5.47. The summed E-state index contributed by atoms with van der Waals surface area (Å²) < 4.78 is 0. The summed E-state index contributed by atoms with van der Waals surface area (Å²) in [5.74, 6) is -1.32. The Balaban J connectivity index is 2.35. The van der Waals surface area contributed by atoms with Gasteiger partial charge in [0.25, 0.3) is 0 Å². The lowest BCUT2D eigenvalue weighted by Crippen LogP contribution is -2.38. The van der Waals surface area contributed by atoms with E-state index < -0.39 is 11.4 Å². The molecule has 102 valence electrons. The first-order chi connectivity index (χ1) is 8.79. The van der Waals surface area contributed by atoms with Crippen molar-refractivity contribution in [3.63, 3.8) is 0 Å². The van der Waals surface area contributed by atoms with Gasteiger partial charge in [0.05, 0.1) is 0 Å². The molecule has 1 fully saturated rings. The van der Waals surface area contributed by atoms with Crippen LogP contribution >= 0.6 is 0 Å². The summed E-state index contributed by atoms with van der Waals surface area (Å²) in [4.78, 5) is 25.1. The first-order valence-corrected chi connectivity index (χ1v) is 6.39. The van der Waals surface area contributed by atoms with E-state index in [0.717, 1.165) is 16.8 Å². The average Bonchev–Trinajstić information content (AvgIpc) is 3.13. The molecule has 0 atom stereocenters. The van der Waals surface area contributed by atoms with E-state index in [2.05, 4.69) is 0 Å². The molecule has 0 spiro atoms. The Kier molecular flexibility index (Phi) is 3.12. The number of hydrogen-bond acceptors (Lipinski definition) is 2. The largest absolute Gasteiger partial charge is 0.480 e. The van der Waals surface area contributed by atoms with Crippen molar-refractivity contribution in [3.8, 4) is 0 Å². The van der Waals surface area contributed by atoms with Gasteiger partial charge in [-0.05, 0) is 56.4 Å². The van der Waals surface area contributed by atoms with Gasteiger partial charge in [-0.3, -0.25) is 9.59 Å². The van der Waals surface area contributed by atoms with Gasteiger partial charge in [-0.15, -0.1) is 0 Å². The monoisotopic (exact) mass is 261 g/mol. The Morgan fingerprint density at radius 3 is 2.11 bits per heavy atom. The number of carbonyl (C=O) groups excluding carboxylic acids is 1. The number of carbonyl (C=O) groups is 2. The van der Waals surface area contributed by atoms with Crippen molar-refractivity contribution in [1.29, 1.82) is 0 Å². The van der Waals surface area contributed by atoms with Gasteiger partial charge in [-0.2, -0.15) is 0 Å². The van der Waals surface area contributed by atoms with E-state index in [1.54, 1.807) is 7.05 Å². The number of anilines is 1. The van der Waals surface area contributed by atoms with E-state index in [1.807, 2.05) is 32.9 Å². The zero-order valence-corrected chi connectivity index (χ0v) is 11.8. The molecular formula is C15H19NO3. The van der Waals surface area contributed by atoms with Crippen molar-refractivity contribution in [2.45, 2.75) is 33.6 Å². The maximum atomic E-state index is 12.4. The number of hydrogen-bond donors (Lipinski definition) is 1. The Morgan fingerprint density at radius 1 is 1.11 bits per heavy atom. The third-order valence-electron chi connectivity index (χ3n) is 4.05.